The lowest BCUT2D eigenvalue weighted by Gasteiger charge is -2.37. The molecule has 4 atom stereocenters. The van der Waals surface area contributed by atoms with Crippen molar-refractivity contribution in [2.75, 3.05) is 13.2 Å². The quantitative estimate of drug-likeness (QED) is 0.623. The zero-order valence-electron chi connectivity index (χ0n) is 14.5. The van der Waals surface area contributed by atoms with Gasteiger partial charge in [-0.1, -0.05) is 34.1 Å². The van der Waals surface area contributed by atoms with E-state index >= 15 is 0 Å². The minimum absolute atomic E-state index is 0.512. The number of hydrogen-bond acceptors (Lipinski definition) is 2. The number of ether oxygens (including phenoxy) is 1. The van der Waals surface area contributed by atoms with Crippen LogP contribution in [0.2, 0.25) is 0 Å². The molecule has 0 spiro atoms. The van der Waals surface area contributed by atoms with Crippen molar-refractivity contribution in [3.63, 3.8) is 0 Å². The fourth-order valence-corrected chi connectivity index (χ4v) is 3.42. The van der Waals surface area contributed by atoms with Crippen LogP contribution in [-0.2, 0) is 4.74 Å². The van der Waals surface area contributed by atoms with Gasteiger partial charge in [0, 0.05) is 12.6 Å². The second-order valence-corrected chi connectivity index (χ2v) is 7.23. The van der Waals surface area contributed by atoms with E-state index in [4.69, 9.17) is 4.74 Å². The fourth-order valence-electron chi connectivity index (χ4n) is 3.42. The second kappa shape index (κ2) is 9.78. The van der Waals surface area contributed by atoms with Gasteiger partial charge in [0.05, 0.1) is 6.10 Å². The molecule has 1 saturated carbocycles. The second-order valence-electron chi connectivity index (χ2n) is 7.23. The summed E-state index contributed by atoms with van der Waals surface area (Å²) in [6.07, 6.45) is 8.17. The lowest BCUT2D eigenvalue weighted by Crippen LogP contribution is -2.34. The highest BCUT2D eigenvalue weighted by Crippen LogP contribution is 2.35. The number of nitrogens with one attached hydrogen (secondary N) is 1. The first-order valence-electron chi connectivity index (χ1n) is 8.89. The molecular weight excluding hydrogens is 246 g/mol. The van der Waals surface area contributed by atoms with E-state index in [-0.39, 0.29) is 0 Å². The summed E-state index contributed by atoms with van der Waals surface area (Å²) in [7, 11) is 0. The molecule has 4 unspecified atom stereocenters. The Kier molecular flexibility index (Phi) is 8.79. The van der Waals surface area contributed by atoms with Gasteiger partial charge >= 0.3 is 0 Å². The normalized spacial score (nSPS) is 28.8. The van der Waals surface area contributed by atoms with E-state index in [2.05, 4.69) is 39.9 Å². The molecule has 0 radical (unpaired) electrons. The van der Waals surface area contributed by atoms with Crippen LogP contribution >= 0.6 is 0 Å². The van der Waals surface area contributed by atoms with Crippen molar-refractivity contribution in [2.24, 2.45) is 17.8 Å². The Morgan fingerprint density at radius 1 is 1.20 bits per heavy atom. The summed E-state index contributed by atoms with van der Waals surface area (Å²) in [6.45, 7) is 13.7. The Hall–Kier alpha value is -0.0800. The average Bonchev–Trinajstić information content (AvgIpc) is 2.41. The highest BCUT2D eigenvalue weighted by molar-refractivity contribution is 4.81. The predicted molar refractivity (Wildman–Crippen MR) is 88.1 cm³/mol. The van der Waals surface area contributed by atoms with Crippen molar-refractivity contribution < 1.29 is 4.74 Å². The van der Waals surface area contributed by atoms with Crippen molar-refractivity contribution in [1.82, 2.24) is 5.32 Å². The molecular formula is C18H37NO. The molecule has 1 aliphatic rings. The van der Waals surface area contributed by atoms with Crippen molar-refractivity contribution in [3.05, 3.63) is 0 Å². The van der Waals surface area contributed by atoms with Gasteiger partial charge in [-0.3, -0.25) is 0 Å². The Labute approximate surface area is 127 Å². The van der Waals surface area contributed by atoms with Crippen LogP contribution in [0.15, 0.2) is 0 Å². The van der Waals surface area contributed by atoms with Gasteiger partial charge in [-0.15, -0.1) is 0 Å². The molecule has 2 nitrogen and oxygen atoms in total. The molecule has 2 heteroatoms. The van der Waals surface area contributed by atoms with Gasteiger partial charge in [0.25, 0.3) is 0 Å². The topological polar surface area (TPSA) is 21.3 Å². The monoisotopic (exact) mass is 283 g/mol. The predicted octanol–water partition coefficient (Wildman–Crippen LogP) is 4.63. The first-order chi connectivity index (χ1) is 9.54. The first-order valence-corrected chi connectivity index (χ1v) is 8.89. The van der Waals surface area contributed by atoms with Gasteiger partial charge in [0.1, 0.15) is 0 Å². The van der Waals surface area contributed by atoms with Crippen LogP contribution in [0, 0.1) is 17.8 Å². The molecule has 1 rings (SSSR count). The van der Waals surface area contributed by atoms with E-state index in [9.17, 15) is 0 Å². The van der Waals surface area contributed by atoms with Crippen LogP contribution in [0.4, 0.5) is 0 Å². The summed E-state index contributed by atoms with van der Waals surface area (Å²) in [6, 6.07) is 0.629. The first kappa shape index (κ1) is 18.0. The van der Waals surface area contributed by atoms with Gasteiger partial charge in [-0.2, -0.15) is 0 Å². The highest BCUT2D eigenvalue weighted by atomic mass is 16.5. The lowest BCUT2D eigenvalue weighted by atomic mass is 9.75. The molecule has 0 aromatic rings. The Morgan fingerprint density at radius 3 is 2.60 bits per heavy atom. The molecule has 1 aliphatic carbocycles. The average molecular weight is 284 g/mol. The van der Waals surface area contributed by atoms with Crippen molar-refractivity contribution >= 4 is 0 Å². The van der Waals surface area contributed by atoms with Crippen LogP contribution in [0.5, 0.6) is 0 Å². The van der Waals surface area contributed by atoms with Gasteiger partial charge in [-0.25, -0.2) is 0 Å². The molecule has 1 N–H and O–H groups in total. The van der Waals surface area contributed by atoms with E-state index in [1.54, 1.807) is 0 Å². The van der Waals surface area contributed by atoms with Gasteiger partial charge in [-0.05, 0) is 63.3 Å². The van der Waals surface area contributed by atoms with E-state index in [1.807, 2.05) is 0 Å². The summed E-state index contributed by atoms with van der Waals surface area (Å²) in [5.41, 5.74) is 0. The van der Waals surface area contributed by atoms with Crippen LogP contribution in [0.25, 0.3) is 0 Å². The molecule has 0 aliphatic heterocycles. The minimum atomic E-state index is 0.512. The minimum Gasteiger partial charge on any atom is -0.378 e. The van der Waals surface area contributed by atoms with Crippen LogP contribution in [0.1, 0.15) is 73.1 Å². The third kappa shape index (κ3) is 6.58. The standard InChI is InChI=1S/C18H37NO/c1-6-11-19-16(5)8-7-12-20-18-13-15(4)9-10-17(18)14(2)3/h14-19H,6-13H2,1-5H3. The molecule has 0 saturated heterocycles. The highest BCUT2D eigenvalue weighted by Gasteiger charge is 2.31. The molecule has 20 heavy (non-hydrogen) atoms. The summed E-state index contributed by atoms with van der Waals surface area (Å²) in [5, 5.41) is 3.55. The van der Waals surface area contributed by atoms with Gasteiger partial charge in [0.15, 0.2) is 0 Å². The van der Waals surface area contributed by atoms with E-state index in [0.717, 1.165) is 30.9 Å². The molecule has 1 fully saturated rings. The zero-order chi connectivity index (χ0) is 15.0. The van der Waals surface area contributed by atoms with Crippen molar-refractivity contribution in [3.8, 4) is 0 Å². The molecule has 0 amide bonds. The molecule has 0 heterocycles. The maximum atomic E-state index is 6.25. The van der Waals surface area contributed by atoms with E-state index in [1.165, 1.54) is 38.5 Å². The third-order valence-corrected chi connectivity index (χ3v) is 4.82. The largest absolute Gasteiger partial charge is 0.378 e. The van der Waals surface area contributed by atoms with Crippen molar-refractivity contribution in [1.29, 1.82) is 0 Å². The molecule has 0 aromatic carbocycles. The SMILES string of the molecule is CCCNC(C)CCCOC1CC(C)CCC1C(C)C. The van der Waals surface area contributed by atoms with Crippen molar-refractivity contribution in [2.45, 2.75) is 85.3 Å². The lowest BCUT2D eigenvalue weighted by molar-refractivity contribution is -0.0397. The Bertz CT molecular complexity index is 242. The van der Waals surface area contributed by atoms with Crippen LogP contribution in [0.3, 0.4) is 0 Å². The third-order valence-electron chi connectivity index (χ3n) is 4.82. The number of hydrogen-bond donors (Lipinski definition) is 1. The zero-order valence-corrected chi connectivity index (χ0v) is 14.5. The fraction of sp³-hybridized carbons (Fsp3) is 1.00. The summed E-state index contributed by atoms with van der Waals surface area (Å²) in [4.78, 5) is 0. The molecule has 0 aromatic heterocycles. The maximum Gasteiger partial charge on any atom is 0.0608 e. The molecule has 0 bridgehead atoms. The van der Waals surface area contributed by atoms with Crippen LogP contribution < -0.4 is 5.32 Å². The van der Waals surface area contributed by atoms with E-state index < -0.39 is 0 Å². The Balaban J connectivity index is 2.21. The maximum absolute atomic E-state index is 6.25. The summed E-state index contributed by atoms with van der Waals surface area (Å²) < 4.78 is 6.25. The summed E-state index contributed by atoms with van der Waals surface area (Å²) in [5.74, 6) is 2.39. The smallest absolute Gasteiger partial charge is 0.0608 e. The Morgan fingerprint density at radius 2 is 1.95 bits per heavy atom. The van der Waals surface area contributed by atoms with Gasteiger partial charge < -0.3 is 10.1 Å². The number of rotatable bonds is 9. The van der Waals surface area contributed by atoms with Gasteiger partial charge in [0.2, 0.25) is 0 Å². The van der Waals surface area contributed by atoms with E-state index in [0.29, 0.717) is 12.1 Å². The molecule has 120 valence electrons. The summed E-state index contributed by atoms with van der Waals surface area (Å²) >= 11 is 0. The van der Waals surface area contributed by atoms with Crippen LogP contribution in [-0.4, -0.2) is 25.3 Å².